The van der Waals surface area contributed by atoms with Crippen LogP contribution < -0.4 is 11.2 Å². The first kappa shape index (κ1) is 17.7. The fourth-order valence-electron chi connectivity index (χ4n) is 3.45. The molecule has 8 heteroatoms. The van der Waals surface area contributed by atoms with Gasteiger partial charge in [0.15, 0.2) is 5.82 Å². The highest BCUT2D eigenvalue weighted by atomic mass is 32.2. The van der Waals surface area contributed by atoms with Gasteiger partial charge in [0.2, 0.25) is 11.1 Å². The molecule has 1 aliphatic carbocycles. The molecule has 0 radical (unpaired) electrons. The van der Waals surface area contributed by atoms with Gasteiger partial charge in [0, 0.05) is 0 Å². The van der Waals surface area contributed by atoms with Crippen molar-refractivity contribution in [2.45, 2.75) is 37.4 Å². The number of nitrogens with one attached hydrogen (secondary N) is 1. The van der Waals surface area contributed by atoms with Crippen LogP contribution in [0.15, 0.2) is 46.2 Å². The number of carbonyl (C=O) groups excluding carboxylic acids is 1. The normalized spacial score (nSPS) is 16.1. The minimum absolute atomic E-state index is 0.0363. The van der Waals surface area contributed by atoms with Crippen LogP contribution in [0.25, 0.3) is 11.4 Å². The minimum Gasteiger partial charge on any atom is -0.469 e. The fraction of sp³-hybridized carbons (Fsp3) is 0.316. The molecule has 140 valence electrons. The second kappa shape index (κ2) is 7.48. The van der Waals surface area contributed by atoms with Gasteiger partial charge in [-0.3, -0.25) is 4.79 Å². The summed E-state index contributed by atoms with van der Waals surface area (Å²) in [4.78, 5) is 12.5. The molecule has 1 unspecified atom stereocenters. The zero-order valence-electron chi connectivity index (χ0n) is 15.0. The topological polar surface area (TPSA) is 99.0 Å². The molecular weight excluding hydrogens is 362 g/mol. The van der Waals surface area contributed by atoms with Crippen molar-refractivity contribution in [3.63, 3.8) is 0 Å². The minimum atomic E-state index is -0.0363. The van der Waals surface area contributed by atoms with Crippen LogP contribution in [0.1, 0.15) is 35.8 Å². The van der Waals surface area contributed by atoms with E-state index in [-0.39, 0.29) is 17.7 Å². The van der Waals surface area contributed by atoms with Gasteiger partial charge in [0.05, 0.1) is 23.6 Å². The number of furan rings is 1. The number of carbonyl (C=O) groups is 1. The van der Waals surface area contributed by atoms with Gasteiger partial charge in [0.25, 0.3) is 0 Å². The van der Waals surface area contributed by atoms with Gasteiger partial charge >= 0.3 is 0 Å². The number of nitrogen functional groups attached to an aromatic ring is 1. The average molecular weight is 383 g/mol. The molecule has 1 amide bonds. The Morgan fingerprint density at radius 3 is 3.04 bits per heavy atom. The van der Waals surface area contributed by atoms with Crippen LogP contribution >= 0.6 is 11.8 Å². The fourth-order valence-corrected chi connectivity index (χ4v) is 4.11. The molecule has 27 heavy (non-hydrogen) atoms. The largest absolute Gasteiger partial charge is 0.469 e. The summed E-state index contributed by atoms with van der Waals surface area (Å²) in [6, 6.07) is 10.2. The Morgan fingerprint density at radius 2 is 2.22 bits per heavy atom. The van der Waals surface area contributed by atoms with E-state index in [0.717, 1.165) is 30.6 Å². The maximum absolute atomic E-state index is 12.5. The van der Waals surface area contributed by atoms with E-state index in [4.69, 9.17) is 10.3 Å². The molecule has 0 aliphatic heterocycles. The second-order valence-corrected chi connectivity index (χ2v) is 7.51. The lowest BCUT2D eigenvalue weighted by Crippen LogP contribution is -2.32. The number of fused-ring (bicyclic) bond motifs is 1. The Kier molecular flexibility index (Phi) is 4.89. The summed E-state index contributed by atoms with van der Waals surface area (Å²) in [5, 5.41) is 11.8. The van der Waals surface area contributed by atoms with E-state index in [1.54, 1.807) is 12.3 Å². The van der Waals surface area contributed by atoms with E-state index < -0.39 is 0 Å². The van der Waals surface area contributed by atoms with Gasteiger partial charge in [-0.2, -0.15) is 0 Å². The SMILES string of the molecule is Cc1occc1-c1nnc(SCC(=O)NC2CCCc3ccccc32)n1N. The number of benzene rings is 1. The molecule has 1 aliphatic rings. The molecular formula is C19H21N5O2S. The van der Waals surface area contributed by atoms with Crippen LogP contribution in [0, 0.1) is 6.92 Å². The molecule has 0 saturated carbocycles. The van der Waals surface area contributed by atoms with Gasteiger partial charge < -0.3 is 15.6 Å². The predicted molar refractivity (Wildman–Crippen MR) is 104 cm³/mol. The summed E-state index contributed by atoms with van der Waals surface area (Å²) < 4.78 is 6.68. The Balaban J connectivity index is 1.40. The molecule has 1 aromatic carbocycles. The molecule has 3 N–H and O–H groups in total. The molecule has 0 bridgehead atoms. The Morgan fingerprint density at radius 1 is 1.37 bits per heavy atom. The van der Waals surface area contributed by atoms with Crippen molar-refractivity contribution in [2.24, 2.45) is 0 Å². The van der Waals surface area contributed by atoms with E-state index in [1.807, 2.05) is 19.1 Å². The average Bonchev–Trinajstić information content (AvgIpc) is 3.25. The Labute approximate surface area is 161 Å². The highest BCUT2D eigenvalue weighted by Crippen LogP contribution is 2.30. The summed E-state index contributed by atoms with van der Waals surface area (Å²) in [6.07, 6.45) is 4.70. The lowest BCUT2D eigenvalue weighted by molar-refractivity contribution is -0.119. The third-order valence-corrected chi connectivity index (χ3v) is 5.74. The highest BCUT2D eigenvalue weighted by Gasteiger charge is 2.22. The predicted octanol–water partition coefficient (Wildman–Crippen LogP) is 2.85. The number of aromatic nitrogens is 3. The number of hydrogen-bond donors (Lipinski definition) is 2. The van der Waals surface area contributed by atoms with Crippen molar-refractivity contribution < 1.29 is 9.21 Å². The number of rotatable bonds is 5. The number of amides is 1. The smallest absolute Gasteiger partial charge is 0.230 e. The molecule has 7 nitrogen and oxygen atoms in total. The van der Waals surface area contributed by atoms with E-state index >= 15 is 0 Å². The lowest BCUT2D eigenvalue weighted by Gasteiger charge is -2.26. The van der Waals surface area contributed by atoms with Gasteiger partial charge in [-0.05, 0) is 43.4 Å². The van der Waals surface area contributed by atoms with Crippen LogP contribution in [0.3, 0.4) is 0 Å². The van der Waals surface area contributed by atoms with Gasteiger partial charge in [-0.1, -0.05) is 36.0 Å². The first-order valence-electron chi connectivity index (χ1n) is 8.88. The van der Waals surface area contributed by atoms with Crippen LogP contribution in [0.4, 0.5) is 0 Å². The number of hydrogen-bond acceptors (Lipinski definition) is 6. The van der Waals surface area contributed by atoms with Crippen LogP contribution in [0.5, 0.6) is 0 Å². The number of thioether (sulfide) groups is 1. The molecule has 3 aromatic rings. The van der Waals surface area contributed by atoms with E-state index in [1.165, 1.54) is 27.6 Å². The first-order chi connectivity index (χ1) is 13.1. The van der Waals surface area contributed by atoms with Crippen LogP contribution in [-0.4, -0.2) is 26.5 Å². The third kappa shape index (κ3) is 3.57. The molecule has 2 aromatic heterocycles. The number of nitrogens with zero attached hydrogens (tertiary/aromatic N) is 3. The van der Waals surface area contributed by atoms with Crippen LogP contribution in [0.2, 0.25) is 0 Å². The van der Waals surface area contributed by atoms with Crippen molar-refractivity contribution in [1.29, 1.82) is 0 Å². The van der Waals surface area contributed by atoms with Gasteiger partial charge in [-0.15, -0.1) is 10.2 Å². The second-order valence-electron chi connectivity index (χ2n) is 6.57. The Bertz CT molecular complexity index is 965. The van der Waals surface area contributed by atoms with E-state index in [0.29, 0.717) is 11.0 Å². The molecule has 4 rings (SSSR count). The van der Waals surface area contributed by atoms with Crippen molar-refractivity contribution in [2.75, 3.05) is 11.6 Å². The maximum atomic E-state index is 12.5. The van der Waals surface area contributed by atoms with E-state index in [2.05, 4.69) is 27.6 Å². The van der Waals surface area contributed by atoms with Crippen molar-refractivity contribution >= 4 is 17.7 Å². The summed E-state index contributed by atoms with van der Waals surface area (Å²) in [5.41, 5.74) is 3.34. The zero-order valence-corrected chi connectivity index (χ0v) is 15.8. The lowest BCUT2D eigenvalue weighted by atomic mass is 9.88. The summed E-state index contributed by atoms with van der Waals surface area (Å²) in [7, 11) is 0. The highest BCUT2D eigenvalue weighted by molar-refractivity contribution is 7.99. The van der Waals surface area contributed by atoms with Crippen molar-refractivity contribution in [1.82, 2.24) is 20.2 Å². The third-order valence-electron chi connectivity index (χ3n) is 4.80. The summed E-state index contributed by atoms with van der Waals surface area (Å²) >= 11 is 1.27. The molecule has 0 spiro atoms. The zero-order chi connectivity index (χ0) is 18.8. The monoisotopic (exact) mass is 383 g/mol. The standard InChI is InChI=1S/C19H21N5O2S/c1-12-14(9-10-26-12)18-22-23-19(24(18)20)27-11-17(25)21-16-8-4-6-13-5-2-3-7-15(13)16/h2-3,5,7,9-10,16H,4,6,8,11,20H2,1H3,(H,21,25). The maximum Gasteiger partial charge on any atom is 0.230 e. The molecule has 0 saturated heterocycles. The van der Waals surface area contributed by atoms with E-state index in [9.17, 15) is 4.79 Å². The summed E-state index contributed by atoms with van der Waals surface area (Å²) in [6.45, 7) is 1.84. The van der Waals surface area contributed by atoms with Crippen molar-refractivity contribution in [3.05, 3.63) is 53.5 Å². The molecule has 1 atom stereocenters. The summed E-state index contributed by atoms with van der Waals surface area (Å²) in [5.74, 6) is 7.53. The number of aryl methyl sites for hydroxylation is 2. The van der Waals surface area contributed by atoms with Crippen molar-refractivity contribution in [3.8, 4) is 11.4 Å². The van der Waals surface area contributed by atoms with Gasteiger partial charge in [0.1, 0.15) is 5.76 Å². The Hall–Kier alpha value is -2.74. The van der Waals surface area contributed by atoms with Crippen LogP contribution in [-0.2, 0) is 11.2 Å². The molecule has 2 heterocycles. The quantitative estimate of drug-likeness (QED) is 0.519. The molecule has 0 fully saturated rings. The number of nitrogens with two attached hydrogens (primary N) is 1. The van der Waals surface area contributed by atoms with Gasteiger partial charge in [-0.25, -0.2) is 4.68 Å². The first-order valence-corrected chi connectivity index (χ1v) is 9.87.